The first-order chi connectivity index (χ1) is 31.3. The molecule has 0 unspecified atom stereocenters. The maximum Gasteiger partial charge on any atom is 0.166 e. The van der Waals surface area contributed by atoms with Crippen molar-refractivity contribution in [2.45, 2.75) is 0 Å². The van der Waals surface area contributed by atoms with Gasteiger partial charge < -0.3 is 9.13 Å². The molecule has 0 atom stereocenters. The highest BCUT2D eigenvalue weighted by atomic mass is 32.1. The predicted molar refractivity (Wildman–Crippen MR) is 263 cm³/mol. The van der Waals surface area contributed by atoms with Crippen LogP contribution in [0, 0.1) is 0 Å². The molecule has 6 heteroatoms. The van der Waals surface area contributed by atoms with Gasteiger partial charge in [0.2, 0.25) is 0 Å². The molecule has 0 amide bonds. The lowest BCUT2D eigenvalue weighted by Crippen LogP contribution is -2.08. The Hall–Kier alpha value is -8.19. The second-order valence-corrected chi connectivity index (χ2v) is 17.0. The molecule has 0 fully saturated rings. The van der Waals surface area contributed by atoms with E-state index in [0.29, 0.717) is 17.5 Å². The van der Waals surface area contributed by atoms with Gasteiger partial charge in [-0.2, -0.15) is 0 Å². The van der Waals surface area contributed by atoms with E-state index in [0.717, 1.165) is 55.5 Å². The largest absolute Gasteiger partial charge is 0.306 e. The van der Waals surface area contributed by atoms with Gasteiger partial charge in [0.1, 0.15) is 0 Å². The van der Waals surface area contributed by atoms with Crippen molar-refractivity contribution in [1.82, 2.24) is 24.1 Å². The van der Waals surface area contributed by atoms with Crippen molar-refractivity contribution in [2.24, 2.45) is 0 Å². The Kier molecular flexibility index (Phi) is 8.01. The van der Waals surface area contributed by atoms with E-state index in [1.165, 1.54) is 47.5 Å². The molecule has 5 nitrogen and oxygen atoms in total. The first-order valence-electron chi connectivity index (χ1n) is 21.2. The van der Waals surface area contributed by atoms with Gasteiger partial charge in [-0.05, 0) is 53.6 Å². The molecule has 0 saturated heterocycles. The number of fused-ring (bicyclic) bond motifs is 9. The van der Waals surface area contributed by atoms with E-state index in [9.17, 15) is 0 Å². The molecule has 13 rings (SSSR count). The summed E-state index contributed by atoms with van der Waals surface area (Å²) in [6.45, 7) is 0. The molecule has 9 aromatic carbocycles. The van der Waals surface area contributed by atoms with Gasteiger partial charge in [0, 0.05) is 53.7 Å². The van der Waals surface area contributed by atoms with Gasteiger partial charge in [0.15, 0.2) is 17.5 Å². The fraction of sp³-hybridized carbons (Fsp3) is 0. The van der Waals surface area contributed by atoms with Crippen LogP contribution in [0.2, 0.25) is 0 Å². The Balaban J connectivity index is 1.28. The van der Waals surface area contributed by atoms with Gasteiger partial charge in [0.25, 0.3) is 0 Å². The predicted octanol–water partition coefficient (Wildman–Crippen LogP) is 15.1. The van der Waals surface area contributed by atoms with Crippen LogP contribution in [-0.4, -0.2) is 24.1 Å². The minimum Gasteiger partial charge on any atom is -0.306 e. The van der Waals surface area contributed by atoms with E-state index in [-0.39, 0.29) is 0 Å². The average molecular weight is 822 g/mol. The molecule has 0 aliphatic rings. The summed E-state index contributed by atoms with van der Waals surface area (Å²) in [6, 6.07) is 75.6. The number of nitrogens with zero attached hydrogens (tertiary/aromatic N) is 5. The lowest BCUT2D eigenvalue weighted by molar-refractivity contribution is 1.06. The molecule has 63 heavy (non-hydrogen) atoms. The highest BCUT2D eigenvalue weighted by molar-refractivity contribution is 7.26. The van der Waals surface area contributed by atoms with Crippen molar-refractivity contribution in [2.75, 3.05) is 0 Å². The quantitative estimate of drug-likeness (QED) is 0.168. The van der Waals surface area contributed by atoms with E-state index in [1.54, 1.807) is 0 Å². The third kappa shape index (κ3) is 5.59. The van der Waals surface area contributed by atoms with Gasteiger partial charge in [0.05, 0.1) is 38.1 Å². The fourth-order valence-corrected chi connectivity index (χ4v) is 10.8. The standard InChI is InChI=1S/C57H35N5S/c1-4-18-36(19-5-1)39-32-33-51-44(34-39)45-35-46(57-59-55(37-20-6-2-7-21-37)58-56(60-57)38-22-8-3-9-23-38)52(61-47-28-14-10-24-40(47)41-25-11-15-29-48(41)61)53(54(45)63-51)62-49-30-16-12-26-42(49)43-27-13-17-31-50(43)62/h1-35H. The molecule has 0 aliphatic carbocycles. The highest BCUT2D eigenvalue weighted by Crippen LogP contribution is 2.49. The first-order valence-corrected chi connectivity index (χ1v) is 22.0. The Bertz CT molecular complexity index is 3740. The van der Waals surface area contributed by atoms with Crippen molar-refractivity contribution in [3.05, 3.63) is 212 Å². The highest BCUT2D eigenvalue weighted by Gasteiger charge is 2.28. The molecule has 0 aliphatic heterocycles. The zero-order valence-corrected chi connectivity index (χ0v) is 34.7. The lowest BCUT2D eigenvalue weighted by atomic mass is 10.00. The summed E-state index contributed by atoms with van der Waals surface area (Å²) in [5.41, 5.74) is 11.7. The van der Waals surface area contributed by atoms with Crippen LogP contribution < -0.4 is 0 Å². The number of para-hydroxylation sites is 4. The van der Waals surface area contributed by atoms with Gasteiger partial charge >= 0.3 is 0 Å². The third-order valence-electron chi connectivity index (χ3n) is 12.4. The second-order valence-electron chi connectivity index (χ2n) is 16.0. The number of thiophene rings is 1. The Morgan fingerprint density at radius 2 is 0.714 bits per heavy atom. The van der Waals surface area contributed by atoms with E-state index in [1.807, 2.05) is 47.7 Å². The van der Waals surface area contributed by atoms with Gasteiger partial charge in [-0.25, -0.2) is 15.0 Å². The number of hydrogen-bond acceptors (Lipinski definition) is 4. The number of hydrogen-bond donors (Lipinski definition) is 0. The lowest BCUT2D eigenvalue weighted by Gasteiger charge is -2.21. The van der Waals surface area contributed by atoms with Crippen LogP contribution in [0.25, 0.3) is 120 Å². The summed E-state index contributed by atoms with van der Waals surface area (Å²) in [7, 11) is 0. The van der Waals surface area contributed by atoms with Crippen LogP contribution in [0.5, 0.6) is 0 Å². The van der Waals surface area contributed by atoms with Crippen LogP contribution in [-0.2, 0) is 0 Å². The summed E-state index contributed by atoms with van der Waals surface area (Å²) < 4.78 is 7.36. The second kappa shape index (κ2) is 14.2. The molecule has 0 radical (unpaired) electrons. The third-order valence-corrected chi connectivity index (χ3v) is 13.6. The summed E-state index contributed by atoms with van der Waals surface area (Å²) in [6.07, 6.45) is 0. The molecule has 294 valence electrons. The van der Waals surface area contributed by atoms with Crippen LogP contribution in [0.1, 0.15) is 0 Å². The molecule has 0 saturated carbocycles. The minimum atomic E-state index is 0.599. The Morgan fingerprint density at radius 3 is 1.21 bits per heavy atom. The summed E-state index contributed by atoms with van der Waals surface area (Å²) in [5, 5.41) is 7.10. The molecule has 4 aromatic heterocycles. The molecule has 13 aromatic rings. The van der Waals surface area contributed by atoms with Crippen LogP contribution in [0.3, 0.4) is 0 Å². The molecule has 0 N–H and O–H groups in total. The SMILES string of the molecule is c1ccc(-c2ccc3sc4c(-n5c6ccccc6c6ccccc65)c(-n5c6ccccc6c6ccccc65)c(-c5nc(-c6ccccc6)nc(-c6ccccc6)n5)cc4c3c2)cc1. The van der Waals surface area contributed by atoms with Crippen molar-refractivity contribution in [3.63, 3.8) is 0 Å². The zero-order chi connectivity index (χ0) is 41.4. The monoisotopic (exact) mass is 821 g/mol. The van der Waals surface area contributed by atoms with Crippen LogP contribution in [0.4, 0.5) is 0 Å². The molecular formula is C57H35N5S. The van der Waals surface area contributed by atoms with Gasteiger partial charge in [-0.3, -0.25) is 0 Å². The van der Waals surface area contributed by atoms with Crippen molar-refractivity contribution >= 4 is 75.1 Å². The molecule has 4 heterocycles. The maximum atomic E-state index is 5.47. The molecule has 0 spiro atoms. The smallest absolute Gasteiger partial charge is 0.166 e. The Morgan fingerprint density at radius 1 is 0.302 bits per heavy atom. The van der Waals surface area contributed by atoms with Crippen molar-refractivity contribution in [3.8, 4) is 56.7 Å². The number of aromatic nitrogens is 5. The first kappa shape index (κ1) is 35.6. The van der Waals surface area contributed by atoms with Crippen LogP contribution >= 0.6 is 11.3 Å². The topological polar surface area (TPSA) is 48.5 Å². The maximum absolute atomic E-state index is 5.47. The normalized spacial score (nSPS) is 11.8. The molecular weight excluding hydrogens is 787 g/mol. The van der Waals surface area contributed by atoms with Gasteiger partial charge in [-0.15, -0.1) is 11.3 Å². The van der Waals surface area contributed by atoms with Crippen LogP contribution in [0.15, 0.2) is 212 Å². The number of benzene rings is 9. The van der Waals surface area contributed by atoms with E-state index in [4.69, 9.17) is 15.0 Å². The summed E-state index contributed by atoms with van der Waals surface area (Å²) in [5.74, 6) is 1.84. The summed E-state index contributed by atoms with van der Waals surface area (Å²) in [4.78, 5) is 16.1. The number of rotatable bonds is 6. The van der Waals surface area contributed by atoms with E-state index < -0.39 is 0 Å². The van der Waals surface area contributed by atoms with Gasteiger partial charge in [-0.1, -0.05) is 170 Å². The average Bonchev–Trinajstić information content (AvgIpc) is 4.01. The van der Waals surface area contributed by atoms with E-state index >= 15 is 0 Å². The van der Waals surface area contributed by atoms with E-state index in [2.05, 4.69) is 185 Å². The fourth-order valence-electron chi connectivity index (χ4n) is 9.55. The Labute approximate surface area is 366 Å². The van der Waals surface area contributed by atoms with Crippen molar-refractivity contribution < 1.29 is 0 Å². The van der Waals surface area contributed by atoms with Crippen molar-refractivity contribution in [1.29, 1.82) is 0 Å². The molecule has 0 bridgehead atoms. The zero-order valence-electron chi connectivity index (χ0n) is 33.9. The minimum absolute atomic E-state index is 0.599. The summed E-state index contributed by atoms with van der Waals surface area (Å²) >= 11 is 1.85.